The first kappa shape index (κ1) is 15.7. The van der Waals surface area contributed by atoms with Crippen molar-refractivity contribution in [3.05, 3.63) is 28.8 Å². The number of fused-ring (bicyclic) bond motifs is 1. The van der Waals surface area contributed by atoms with Gasteiger partial charge in [0.05, 0.1) is 6.61 Å². The quantitative estimate of drug-likeness (QED) is 0.916. The van der Waals surface area contributed by atoms with E-state index in [0.29, 0.717) is 30.4 Å². The maximum absolute atomic E-state index is 14.3. The van der Waals surface area contributed by atoms with Gasteiger partial charge in [-0.25, -0.2) is 4.39 Å². The molecule has 0 heterocycles. The zero-order chi connectivity index (χ0) is 15.7. The summed E-state index contributed by atoms with van der Waals surface area (Å²) in [6.07, 6.45) is 6.46. The second-order valence-electron chi connectivity index (χ2n) is 7.08. The van der Waals surface area contributed by atoms with E-state index in [1.54, 1.807) is 6.07 Å². The lowest BCUT2D eigenvalue weighted by molar-refractivity contribution is 0.192. The van der Waals surface area contributed by atoms with Crippen molar-refractivity contribution in [3.63, 3.8) is 0 Å². The van der Waals surface area contributed by atoms with E-state index in [0.717, 1.165) is 44.1 Å². The second-order valence-corrected chi connectivity index (χ2v) is 7.08. The van der Waals surface area contributed by atoms with Gasteiger partial charge in [-0.05, 0) is 74.0 Å². The van der Waals surface area contributed by atoms with Gasteiger partial charge < -0.3 is 10.5 Å². The third-order valence-electron chi connectivity index (χ3n) is 5.19. The predicted octanol–water partition coefficient (Wildman–Crippen LogP) is 3.99. The minimum absolute atomic E-state index is 0.0840. The molecular weight excluding hydrogens is 284 g/mol. The molecular formula is C18H25F2NO. The fourth-order valence-electron chi connectivity index (χ4n) is 3.65. The lowest BCUT2D eigenvalue weighted by Crippen LogP contribution is -2.29. The van der Waals surface area contributed by atoms with E-state index >= 15 is 0 Å². The van der Waals surface area contributed by atoms with Crippen LogP contribution >= 0.6 is 0 Å². The molecule has 1 saturated carbocycles. The molecule has 1 aromatic rings. The van der Waals surface area contributed by atoms with Crippen LogP contribution < -0.4 is 10.5 Å². The van der Waals surface area contributed by atoms with Crippen LogP contribution in [0.4, 0.5) is 8.78 Å². The molecule has 4 heteroatoms. The summed E-state index contributed by atoms with van der Waals surface area (Å²) in [5, 5.41) is 0. The summed E-state index contributed by atoms with van der Waals surface area (Å²) in [5.74, 6) is -0.622. The molecule has 0 spiro atoms. The molecule has 3 rings (SSSR count). The van der Waals surface area contributed by atoms with Crippen molar-refractivity contribution >= 4 is 0 Å². The summed E-state index contributed by atoms with van der Waals surface area (Å²) >= 11 is 0. The van der Waals surface area contributed by atoms with Gasteiger partial charge in [0.15, 0.2) is 11.6 Å². The Bertz CT molecular complexity index is 538. The molecule has 0 bridgehead atoms. The molecule has 2 N–H and O–H groups in total. The Balaban J connectivity index is 1.70. The third kappa shape index (κ3) is 3.27. The maximum Gasteiger partial charge on any atom is 0.200 e. The highest BCUT2D eigenvalue weighted by atomic mass is 19.2. The first-order valence-electron chi connectivity index (χ1n) is 8.42. The van der Waals surface area contributed by atoms with Gasteiger partial charge in [0, 0.05) is 6.04 Å². The van der Waals surface area contributed by atoms with E-state index < -0.39 is 11.6 Å². The molecule has 2 aliphatic carbocycles. The minimum atomic E-state index is -0.819. The zero-order valence-electron chi connectivity index (χ0n) is 13.2. The van der Waals surface area contributed by atoms with E-state index in [4.69, 9.17) is 10.5 Å². The molecule has 2 nitrogen and oxygen atoms in total. The SMILES string of the molecule is CC1CCc2cc(OCC3CCC(N)CC3)c(F)c(F)c2C1. The van der Waals surface area contributed by atoms with Crippen LogP contribution in [-0.2, 0) is 12.8 Å². The number of rotatable bonds is 3. The minimum Gasteiger partial charge on any atom is -0.490 e. The van der Waals surface area contributed by atoms with Gasteiger partial charge in [0.2, 0.25) is 5.82 Å². The molecule has 0 amide bonds. The van der Waals surface area contributed by atoms with Crippen LogP contribution in [0, 0.1) is 23.5 Å². The van der Waals surface area contributed by atoms with Gasteiger partial charge in [0.25, 0.3) is 0 Å². The number of hydrogen-bond acceptors (Lipinski definition) is 2. The van der Waals surface area contributed by atoms with Crippen molar-refractivity contribution in [1.29, 1.82) is 0 Å². The van der Waals surface area contributed by atoms with Crippen LogP contribution in [0.3, 0.4) is 0 Å². The first-order chi connectivity index (χ1) is 10.5. The highest BCUT2D eigenvalue weighted by Gasteiger charge is 2.25. The lowest BCUT2D eigenvalue weighted by Gasteiger charge is -2.27. The molecule has 122 valence electrons. The van der Waals surface area contributed by atoms with Crippen molar-refractivity contribution < 1.29 is 13.5 Å². The molecule has 22 heavy (non-hydrogen) atoms. The van der Waals surface area contributed by atoms with Crippen molar-refractivity contribution in [1.82, 2.24) is 0 Å². The van der Waals surface area contributed by atoms with Gasteiger partial charge in [-0.1, -0.05) is 6.92 Å². The van der Waals surface area contributed by atoms with Crippen LogP contribution in [0.5, 0.6) is 5.75 Å². The van der Waals surface area contributed by atoms with Crippen LogP contribution in [-0.4, -0.2) is 12.6 Å². The Labute approximate surface area is 131 Å². The Hall–Kier alpha value is -1.16. The average molecular weight is 309 g/mol. The Kier molecular flexibility index (Phi) is 4.67. The number of ether oxygens (including phenoxy) is 1. The monoisotopic (exact) mass is 309 g/mol. The van der Waals surface area contributed by atoms with E-state index in [-0.39, 0.29) is 11.8 Å². The summed E-state index contributed by atoms with van der Waals surface area (Å²) in [6, 6.07) is 2.00. The fraction of sp³-hybridized carbons (Fsp3) is 0.667. The van der Waals surface area contributed by atoms with Crippen molar-refractivity contribution in [3.8, 4) is 5.75 Å². The zero-order valence-corrected chi connectivity index (χ0v) is 13.2. The van der Waals surface area contributed by atoms with Gasteiger partial charge in [-0.3, -0.25) is 0 Å². The van der Waals surface area contributed by atoms with E-state index in [1.165, 1.54) is 0 Å². The van der Waals surface area contributed by atoms with Crippen molar-refractivity contribution in [2.24, 2.45) is 17.6 Å². The standard InChI is InChI=1S/C18H25F2NO/c1-11-2-5-13-9-16(18(20)17(19)15(13)8-11)22-10-12-3-6-14(21)7-4-12/h9,11-12,14H,2-8,10,21H2,1H3. The summed E-state index contributed by atoms with van der Waals surface area (Å²) in [5.41, 5.74) is 7.35. The van der Waals surface area contributed by atoms with E-state index in [1.807, 2.05) is 0 Å². The van der Waals surface area contributed by atoms with Crippen LogP contribution in [0.1, 0.15) is 50.2 Å². The van der Waals surface area contributed by atoms with E-state index in [2.05, 4.69) is 6.92 Å². The third-order valence-corrected chi connectivity index (χ3v) is 5.19. The normalized spacial score (nSPS) is 28.3. The van der Waals surface area contributed by atoms with Crippen molar-refractivity contribution in [2.75, 3.05) is 6.61 Å². The number of nitrogens with two attached hydrogens (primary N) is 1. The predicted molar refractivity (Wildman–Crippen MR) is 83.0 cm³/mol. The molecule has 0 aliphatic heterocycles. The maximum atomic E-state index is 14.3. The number of hydrogen-bond donors (Lipinski definition) is 1. The summed E-state index contributed by atoms with van der Waals surface area (Å²) in [4.78, 5) is 0. The molecule has 1 atom stereocenters. The number of benzene rings is 1. The molecule has 0 saturated heterocycles. The largest absolute Gasteiger partial charge is 0.490 e. The molecule has 0 radical (unpaired) electrons. The molecule has 0 aromatic heterocycles. The highest BCUT2D eigenvalue weighted by molar-refractivity contribution is 5.40. The summed E-state index contributed by atoms with van der Waals surface area (Å²) < 4.78 is 34.1. The number of halogens is 2. The van der Waals surface area contributed by atoms with Crippen LogP contribution in [0.25, 0.3) is 0 Å². The van der Waals surface area contributed by atoms with Gasteiger partial charge in [-0.2, -0.15) is 4.39 Å². The van der Waals surface area contributed by atoms with Gasteiger partial charge in [0.1, 0.15) is 0 Å². The van der Waals surface area contributed by atoms with Crippen LogP contribution in [0.2, 0.25) is 0 Å². The van der Waals surface area contributed by atoms with Crippen LogP contribution in [0.15, 0.2) is 6.07 Å². The van der Waals surface area contributed by atoms with E-state index in [9.17, 15) is 8.78 Å². The number of aryl methyl sites for hydroxylation is 1. The first-order valence-corrected chi connectivity index (χ1v) is 8.42. The topological polar surface area (TPSA) is 35.2 Å². The molecule has 1 aromatic carbocycles. The fourth-order valence-corrected chi connectivity index (χ4v) is 3.65. The molecule has 2 aliphatic rings. The average Bonchev–Trinajstić information content (AvgIpc) is 2.52. The van der Waals surface area contributed by atoms with Crippen molar-refractivity contribution in [2.45, 2.75) is 57.9 Å². The van der Waals surface area contributed by atoms with Gasteiger partial charge >= 0.3 is 0 Å². The second kappa shape index (κ2) is 6.53. The lowest BCUT2D eigenvalue weighted by atomic mass is 9.84. The Morgan fingerprint density at radius 1 is 1.14 bits per heavy atom. The molecule has 1 unspecified atom stereocenters. The smallest absolute Gasteiger partial charge is 0.200 e. The molecule has 1 fully saturated rings. The summed E-state index contributed by atoms with van der Waals surface area (Å²) in [6.45, 7) is 2.54. The highest BCUT2D eigenvalue weighted by Crippen LogP contribution is 2.34. The van der Waals surface area contributed by atoms with Gasteiger partial charge in [-0.15, -0.1) is 0 Å². The Morgan fingerprint density at radius 3 is 2.59 bits per heavy atom. The Morgan fingerprint density at radius 2 is 1.86 bits per heavy atom. The summed E-state index contributed by atoms with van der Waals surface area (Å²) in [7, 11) is 0.